The Morgan fingerprint density at radius 2 is 1.66 bits per heavy atom. The molecule has 3 aromatic heterocycles. The van der Waals surface area contributed by atoms with Crippen LogP contribution < -0.4 is 4.74 Å². The molecule has 7 nitrogen and oxygen atoms in total. The predicted molar refractivity (Wildman–Crippen MR) is 143 cm³/mol. The van der Waals surface area contributed by atoms with Crippen LogP contribution in [-0.2, 0) is 9.47 Å². The number of ether oxygens (including phenoxy) is 3. The fraction of sp³-hybridized carbons (Fsp3) is 0.333. The Kier molecular flexibility index (Phi) is 6.06. The first-order valence-corrected chi connectivity index (χ1v) is 13.3. The van der Waals surface area contributed by atoms with Crippen molar-refractivity contribution in [1.82, 2.24) is 19.7 Å². The second-order valence-corrected chi connectivity index (χ2v) is 10.1. The average molecular weight is 513 g/mol. The van der Waals surface area contributed by atoms with E-state index in [0.717, 1.165) is 90.7 Å². The fourth-order valence-electron chi connectivity index (χ4n) is 5.84. The monoisotopic (exact) mass is 512 g/mol. The summed E-state index contributed by atoms with van der Waals surface area (Å²) < 4.78 is 33.6. The minimum absolute atomic E-state index is 0.133. The molecule has 8 heteroatoms. The molecule has 2 aliphatic rings. The summed E-state index contributed by atoms with van der Waals surface area (Å²) in [6.07, 6.45) is 7.48. The minimum atomic E-state index is -0.250. The van der Waals surface area contributed by atoms with Crippen LogP contribution in [0.15, 0.2) is 60.9 Å². The van der Waals surface area contributed by atoms with Gasteiger partial charge in [0.2, 0.25) is 5.88 Å². The smallest absolute Gasteiger partial charge is 0.213 e. The molecule has 2 aromatic carbocycles. The van der Waals surface area contributed by atoms with Crippen molar-refractivity contribution in [2.45, 2.75) is 37.7 Å². The van der Waals surface area contributed by atoms with Gasteiger partial charge in [-0.05, 0) is 55.3 Å². The highest BCUT2D eigenvalue weighted by atomic mass is 19.1. The summed E-state index contributed by atoms with van der Waals surface area (Å²) in [6, 6.07) is 15.2. The first-order chi connectivity index (χ1) is 18.7. The Bertz CT molecular complexity index is 1560. The molecule has 38 heavy (non-hydrogen) atoms. The number of hydrogen-bond acceptors (Lipinski definition) is 5. The number of rotatable bonds is 5. The molecule has 0 saturated carbocycles. The molecule has 2 saturated heterocycles. The van der Waals surface area contributed by atoms with Crippen molar-refractivity contribution in [3.63, 3.8) is 0 Å². The molecular formula is C30H29FN4O3. The summed E-state index contributed by atoms with van der Waals surface area (Å²) in [6.45, 7) is 2.89. The van der Waals surface area contributed by atoms with E-state index in [0.29, 0.717) is 5.88 Å². The molecule has 0 radical (unpaired) electrons. The normalized spacial score (nSPS) is 17.4. The SMILES string of the molecule is Fc1ccc(-n2c(C3CCOCC3)c(-c3ccc(OC4CCOCC4)nc3)c3cc4[nH]ncc4cc32)cc1. The van der Waals surface area contributed by atoms with Crippen molar-refractivity contribution in [3.05, 3.63) is 72.4 Å². The Morgan fingerprint density at radius 3 is 2.39 bits per heavy atom. The standard InChI is InChI=1S/C30H29FN4O3/c31-22-2-4-23(5-3-22)35-27-15-21-18-33-34-26(21)16-25(27)29(30(35)19-7-11-36-12-8-19)20-1-6-28(32-17-20)38-24-9-13-37-14-10-24/h1-6,15-19,24H,7-14H2,(H,33,34). The molecule has 7 rings (SSSR count). The third-order valence-electron chi connectivity index (χ3n) is 7.74. The molecule has 2 aliphatic heterocycles. The number of pyridine rings is 1. The zero-order chi connectivity index (χ0) is 25.5. The number of nitrogens with one attached hydrogen (secondary N) is 1. The number of halogens is 1. The molecule has 0 bridgehead atoms. The van der Waals surface area contributed by atoms with Crippen molar-refractivity contribution in [1.29, 1.82) is 0 Å². The van der Waals surface area contributed by atoms with E-state index >= 15 is 0 Å². The highest BCUT2D eigenvalue weighted by Crippen LogP contribution is 2.44. The van der Waals surface area contributed by atoms with Gasteiger partial charge in [-0.3, -0.25) is 5.10 Å². The number of fused-ring (bicyclic) bond motifs is 2. The van der Waals surface area contributed by atoms with Crippen molar-refractivity contribution < 1.29 is 18.6 Å². The van der Waals surface area contributed by atoms with Gasteiger partial charge in [-0.25, -0.2) is 9.37 Å². The lowest BCUT2D eigenvalue weighted by atomic mass is 9.90. The van der Waals surface area contributed by atoms with Gasteiger partial charge in [-0.1, -0.05) is 0 Å². The molecule has 2 fully saturated rings. The summed E-state index contributed by atoms with van der Waals surface area (Å²) in [5.74, 6) is 0.664. The third-order valence-corrected chi connectivity index (χ3v) is 7.74. The van der Waals surface area contributed by atoms with Crippen molar-refractivity contribution in [2.24, 2.45) is 0 Å². The Balaban J connectivity index is 1.42. The van der Waals surface area contributed by atoms with E-state index in [4.69, 9.17) is 19.2 Å². The summed E-state index contributed by atoms with van der Waals surface area (Å²) in [5.41, 5.74) is 6.33. The number of hydrogen-bond donors (Lipinski definition) is 1. The third kappa shape index (κ3) is 4.23. The summed E-state index contributed by atoms with van der Waals surface area (Å²) in [5, 5.41) is 9.52. The molecular weight excluding hydrogens is 483 g/mol. The van der Waals surface area contributed by atoms with Crippen molar-refractivity contribution in [3.8, 4) is 22.7 Å². The van der Waals surface area contributed by atoms with Gasteiger partial charge < -0.3 is 18.8 Å². The number of aromatic amines is 1. The van der Waals surface area contributed by atoms with Crippen LogP contribution in [0.25, 0.3) is 38.6 Å². The second-order valence-electron chi connectivity index (χ2n) is 10.1. The van der Waals surface area contributed by atoms with Gasteiger partial charge in [0.1, 0.15) is 11.9 Å². The van der Waals surface area contributed by atoms with E-state index in [2.05, 4.69) is 33.0 Å². The van der Waals surface area contributed by atoms with Gasteiger partial charge >= 0.3 is 0 Å². The molecule has 194 valence electrons. The van der Waals surface area contributed by atoms with Crippen LogP contribution in [0.2, 0.25) is 0 Å². The lowest BCUT2D eigenvalue weighted by Gasteiger charge is -2.26. The maximum atomic E-state index is 13.9. The largest absolute Gasteiger partial charge is 0.474 e. The van der Waals surface area contributed by atoms with E-state index in [1.54, 1.807) is 0 Å². The topological polar surface area (TPSA) is 74.2 Å². The van der Waals surface area contributed by atoms with Crippen LogP contribution >= 0.6 is 0 Å². The van der Waals surface area contributed by atoms with Gasteiger partial charge in [0.05, 0.1) is 30.4 Å². The van der Waals surface area contributed by atoms with Crippen LogP contribution in [0.4, 0.5) is 4.39 Å². The van der Waals surface area contributed by atoms with Crippen LogP contribution in [0.5, 0.6) is 5.88 Å². The molecule has 0 spiro atoms. The molecule has 1 N–H and O–H groups in total. The summed E-state index contributed by atoms with van der Waals surface area (Å²) in [4.78, 5) is 4.72. The summed E-state index contributed by atoms with van der Waals surface area (Å²) >= 11 is 0. The first kappa shape index (κ1) is 23.4. The molecule has 0 aliphatic carbocycles. The maximum Gasteiger partial charge on any atom is 0.213 e. The number of benzene rings is 2. The van der Waals surface area contributed by atoms with Gasteiger partial charge in [-0.2, -0.15) is 5.10 Å². The minimum Gasteiger partial charge on any atom is -0.474 e. The quantitative estimate of drug-likeness (QED) is 0.305. The number of aromatic nitrogens is 4. The lowest BCUT2D eigenvalue weighted by molar-refractivity contribution is 0.0237. The Labute approximate surface area is 219 Å². The number of H-pyrrole nitrogens is 1. The summed E-state index contributed by atoms with van der Waals surface area (Å²) in [7, 11) is 0. The molecule has 0 unspecified atom stereocenters. The Hall–Kier alpha value is -3.75. The van der Waals surface area contributed by atoms with Gasteiger partial charge in [-0.15, -0.1) is 0 Å². The maximum absolute atomic E-state index is 13.9. The van der Waals surface area contributed by atoms with E-state index in [9.17, 15) is 4.39 Å². The van der Waals surface area contributed by atoms with Crippen LogP contribution in [0.1, 0.15) is 37.3 Å². The molecule has 5 aromatic rings. The Morgan fingerprint density at radius 1 is 0.895 bits per heavy atom. The molecule has 0 atom stereocenters. The molecule has 0 amide bonds. The first-order valence-electron chi connectivity index (χ1n) is 13.3. The highest BCUT2D eigenvalue weighted by molar-refractivity contribution is 6.05. The van der Waals surface area contributed by atoms with E-state index < -0.39 is 0 Å². The zero-order valence-corrected chi connectivity index (χ0v) is 21.0. The molecule has 5 heterocycles. The number of nitrogens with zero attached hydrogens (tertiary/aromatic N) is 3. The van der Waals surface area contributed by atoms with Gasteiger partial charge in [0.15, 0.2) is 0 Å². The average Bonchev–Trinajstić information content (AvgIpc) is 3.56. The van der Waals surface area contributed by atoms with E-state index in [1.165, 1.54) is 17.8 Å². The van der Waals surface area contributed by atoms with Crippen molar-refractivity contribution in [2.75, 3.05) is 26.4 Å². The zero-order valence-electron chi connectivity index (χ0n) is 21.0. The van der Waals surface area contributed by atoms with Crippen LogP contribution in [0.3, 0.4) is 0 Å². The fourth-order valence-corrected chi connectivity index (χ4v) is 5.84. The van der Waals surface area contributed by atoms with E-state index in [-0.39, 0.29) is 17.8 Å². The van der Waals surface area contributed by atoms with Crippen LogP contribution in [-0.4, -0.2) is 52.3 Å². The van der Waals surface area contributed by atoms with Gasteiger partial charge in [0, 0.05) is 77.5 Å². The lowest BCUT2D eigenvalue weighted by Crippen LogP contribution is -2.26. The van der Waals surface area contributed by atoms with Crippen LogP contribution in [0, 0.1) is 5.82 Å². The second kappa shape index (κ2) is 9.85. The van der Waals surface area contributed by atoms with E-state index in [1.807, 2.05) is 30.6 Å². The van der Waals surface area contributed by atoms with Crippen molar-refractivity contribution >= 4 is 21.8 Å². The highest BCUT2D eigenvalue weighted by Gasteiger charge is 2.28. The predicted octanol–water partition coefficient (Wildman–Crippen LogP) is 6.16. The van der Waals surface area contributed by atoms with Gasteiger partial charge in [0.25, 0.3) is 0 Å².